The highest BCUT2D eigenvalue weighted by Crippen LogP contribution is 1.96. The number of hydroxylamine groups is 4. The predicted octanol–water partition coefficient (Wildman–Crippen LogP) is 0.721. The second-order valence-electron chi connectivity index (χ2n) is 2.83. The van der Waals surface area contributed by atoms with Crippen molar-refractivity contribution in [3.63, 3.8) is 0 Å². The molecule has 0 atom stereocenters. The average Bonchev–Trinajstić information content (AvgIpc) is 2.04. The van der Waals surface area contributed by atoms with Crippen molar-refractivity contribution in [1.29, 1.82) is 0 Å². The topological polar surface area (TPSA) is 66.8 Å². The van der Waals surface area contributed by atoms with Gasteiger partial charge in [0.1, 0.15) is 13.2 Å². The molecule has 0 aliphatic carbocycles. The van der Waals surface area contributed by atoms with E-state index in [1.54, 1.807) is 6.92 Å². The lowest BCUT2D eigenvalue weighted by Gasteiger charge is -2.18. The van der Waals surface area contributed by atoms with Gasteiger partial charge in [-0.1, -0.05) is 6.58 Å². The second kappa shape index (κ2) is 4.96. The molecule has 0 spiro atoms. The summed E-state index contributed by atoms with van der Waals surface area (Å²) in [4.78, 5) is 9.69. The molecule has 0 unspecified atom stereocenters. The van der Waals surface area contributed by atoms with Crippen LogP contribution in [0.25, 0.3) is 0 Å². The van der Waals surface area contributed by atoms with Gasteiger partial charge in [-0.05, 0) is 18.7 Å². The molecular weight excluding hydrogens is 174 g/mol. The Morgan fingerprint density at radius 2 is 2.08 bits per heavy atom. The van der Waals surface area contributed by atoms with Crippen molar-refractivity contribution in [1.82, 2.24) is 0 Å². The van der Waals surface area contributed by atoms with Crippen LogP contribution in [0.15, 0.2) is 12.2 Å². The van der Waals surface area contributed by atoms with Crippen molar-refractivity contribution in [2.24, 2.45) is 0 Å². The molecule has 0 fully saturated rings. The van der Waals surface area contributed by atoms with Crippen LogP contribution in [0.2, 0.25) is 0 Å². The van der Waals surface area contributed by atoms with E-state index in [9.17, 15) is 4.79 Å². The molecule has 0 rings (SSSR count). The van der Waals surface area contributed by atoms with Gasteiger partial charge in [-0.15, -0.1) is 0 Å². The Morgan fingerprint density at radius 3 is 2.46 bits per heavy atom. The maximum Gasteiger partial charge on any atom is 0.333 e. The third kappa shape index (κ3) is 5.35. The minimum atomic E-state index is -1.14. The Morgan fingerprint density at radius 1 is 1.54 bits per heavy atom. The van der Waals surface area contributed by atoms with Crippen LogP contribution in [0.5, 0.6) is 0 Å². The molecule has 76 valence electrons. The fourth-order valence-electron chi connectivity index (χ4n) is 0.566. The average molecular weight is 190 g/mol. The molecule has 0 heterocycles. The zero-order valence-electron chi connectivity index (χ0n) is 7.99. The predicted molar refractivity (Wildman–Crippen MR) is 45.0 cm³/mol. The highest BCUT2D eigenvalue weighted by Gasteiger charge is 2.19. The van der Waals surface area contributed by atoms with Crippen LogP contribution in [0, 0.1) is 0 Å². The molecule has 0 radical (unpaired) electrons. The van der Waals surface area contributed by atoms with Gasteiger partial charge in [-0.25, -0.2) is 4.79 Å². The van der Waals surface area contributed by atoms with E-state index in [2.05, 4.69) is 11.3 Å². The summed E-state index contributed by atoms with van der Waals surface area (Å²) in [6.07, 6.45) is 0. The van der Waals surface area contributed by atoms with E-state index < -0.39 is 10.8 Å². The summed E-state index contributed by atoms with van der Waals surface area (Å²) in [5.41, 5.74) is 0.297. The maximum absolute atomic E-state index is 10.8. The van der Waals surface area contributed by atoms with Gasteiger partial charge in [0.15, 0.2) is 6.54 Å². The van der Waals surface area contributed by atoms with Gasteiger partial charge in [-0.2, -0.15) is 10.4 Å². The Labute approximate surface area is 77.3 Å². The largest absolute Gasteiger partial charge is 0.456 e. The lowest BCUT2D eigenvalue weighted by atomic mass is 10.4. The number of ether oxygens (including phenoxy) is 1. The van der Waals surface area contributed by atoms with Crippen LogP contribution in [0.4, 0.5) is 0 Å². The summed E-state index contributed by atoms with van der Waals surface area (Å²) in [6, 6.07) is 0. The van der Waals surface area contributed by atoms with Gasteiger partial charge in [0.2, 0.25) is 0 Å². The molecule has 0 aliphatic rings. The van der Waals surface area contributed by atoms with Crippen molar-refractivity contribution in [2.75, 3.05) is 19.7 Å². The Bertz CT molecular complexity index is 200. The number of hydrogen-bond acceptors (Lipinski definition) is 4. The van der Waals surface area contributed by atoms with Crippen molar-refractivity contribution >= 4 is 5.97 Å². The van der Waals surface area contributed by atoms with E-state index in [4.69, 9.17) is 10.4 Å². The summed E-state index contributed by atoms with van der Waals surface area (Å²) in [6.45, 7) is 6.59. The van der Waals surface area contributed by atoms with Gasteiger partial charge < -0.3 is 4.74 Å². The third-order valence-corrected chi connectivity index (χ3v) is 1.54. The van der Waals surface area contributed by atoms with E-state index in [1.165, 1.54) is 6.92 Å². The van der Waals surface area contributed by atoms with Crippen LogP contribution in [0.3, 0.4) is 0 Å². The number of esters is 1. The van der Waals surface area contributed by atoms with Gasteiger partial charge in [0.25, 0.3) is 0 Å². The zero-order chi connectivity index (χ0) is 10.5. The first kappa shape index (κ1) is 12.1. The standard InChI is InChI=1S/C8H16NO4/c1-4-9(11,12)5-6-13-8(10)7(2)3/h11-12H,2,4-6H2,1,3H3/q+1. The van der Waals surface area contributed by atoms with Crippen LogP contribution >= 0.6 is 0 Å². The molecule has 13 heavy (non-hydrogen) atoms. The van der Waals surface area contributed by atoms with E-state index >= 15 is 0 Å². The lowest BCUT2D eigenvalue weighted by molar-refractivity contribution is -1.24. The molecule has 0 amide bonds. The first-order valence-corrected chi connectivity index (χ1v) is 4.04. The first-order chi connectivity index (χ1) is 5.89. The highest BCUT2D eigenvalue weighted by atomic mass is 16.8. The molecule has 5 nitrogen and oxygen atoms in total. The quantitative estimate of drug-likeness (QED) is 0.290. The monoisotopic (exact) mass is 190 g/mol. The smallest absolute Gasteiger partial charge is 0.333 e. The zero-order valence-corrected chi connectivity index (χ0v) is 7.99. The van der Waals surface area contributed by atoms with Crippen LogP contribution in [-0.2, 0) is 9.53 Å². The summed E-state index contributed by atoms with van der Waals surface area (Å²) in [5.74, 6) is -0.517. The summed E-state index contributed by atoms with van der Waals surface area (Å²) in [7, 11) is 0. The normalized spacial score (nSPS) is 11.1. The number of quaternary nitrogens is 1. The molecule has 0 saturated carbocycles. The van der Waals surface area contributed by atoms with E-state index in [0.29, 0.717) is 5.57 Å². The Kier molecular flexibility index (Phi) is 4.61. The van der Waals surface area contributed by atoms with Crippen molar-refractivity contribution in [3.8, 4) is 0 Å². The fraction of sp³-hybridized carbons (Fsp3) is 0.625. The van der Waals surface area contributed by atoms with Gasteiger partial charge in [0, 0.05) is 5.57 Å². The molecule has 0 aliphatic heterocycles. The van der Waals surface area contributed by atoms with E-state index in [-0.39, 0.29) is 19.7 Å². The van der Waals surface area contributed by atoms with E-state index in [1.807, 2.05) is 0 Å². The molecule has 2 N–H and O–H groups in total. The number of carbonyl (C=O) groups is 1. The number of nitrogens with zero attached hydrogens (tertiary/aromatic N) is 1. The Hall–Kier alpha value is -0.910. The first-order valence-electron chi connectivity index (χ1n) is 4.04. The third-order valence-electron chi connectivity index (χ3n) is 1.54. The number of hydrogen-bond donors (Lipinski definition) is 2. The molecule has 0 aromatic rings. The minimum absolute atomic E-state index is 0.0352. The molecule has 0 aromatic carbocycles. The summed E-state index contributed by atoms with van der Waals surface area (Å²) in [5, 5.41) is 18.1. The molecule has 0 saturated heterocycles. The maximum atomic E-state index is 10.8. The van der Waals surface area contributed by atoms with Crippen molar-refractivity contribution in [2.45, 2.75) is 13.8 Å². The molecule has 0 aromatic heterocycles. The Balaban J connectivity index is 3.68. The number of carbonyl (C=O) groups excluding carboxylic acids is 1. The number of rotatable bonds is 5. The van der Waals surface area contributed by atoms with Gasteiger partial charge in [0.05, 0.1) is 0 Å². The fourth-order valence-corrected chi connectivity index (χ4v) is 0.566. The van der Waals surface area contributed by atoms with Crippen molar-refractivity contribution < 1.29 is 24.8 Å². The van der Waals surface area contributed by atoms with Gasteiger partial charge in [-0.3, -0.25) is 0 Å². The van der Waals surface area contributed by atoms with E-state index in [0.717, 1.165) is 0 Å². The SMILES string of the molecule is C=C(C)C(=O)OCC[N+](O)(O)CC. The minimum Gasteiger partial charge on any atom is -0.456 e. The molecule has 5 heteroatoms. The van der Waals surface area contributed by atoms with Crippen LogP contribution in [-0.4, -0.2) is 40.9 Å². The molecule has 0 bridgehead atoms. The molecular formula is C8H16NO4+. The van der Waals surface area contributed by atoms with Crippen LogP contribution in [0.1, 0.15) is 13.8 Å². The highest BCUT2D eigenvalue weighted by molar-refractivity contribution is 5.86. The summed E-state index contributed by atoms with van der Waals surface area (Å²) >= 11 is 0. The summed E-state index contributed by atoms with van der Waals surface area (Å²) < 4.78 is 4.67. The lowest BCUT2D eigenvalue weighted by Crippen LogP contribution is -2.43. The second-order valence-corrected chi connectivity index (χ2v) is 2.83. The van der Waals surface area contributed by atoms with Crippen molar-refractivity contribution in [3.05, 3.63) is 12.2 Å². The van der Waals surface area contributed by atoms with Crippen LogP contribution < -0.4 is 0 Å². The number of likely N-dealkylation sites (N-methyl/N-ethyl adjacent to an activating group) is 1. The van der Waals surface area contributed by atoms with Gasteiger partial charge >= 0.3 is 5.97 Å².